The van der Waals surface area contributed by atoms with Gasteiger partial charge >= 0.3 is 0 Å². The molecule has 1 aliphatic carbocycles. The fraction of sp³-hybridized carbons (Fsp3) is 0.875. The summed E-state index contributed by atoms with van der Waals surface area (Å²) in [5, 5.41) is 3.39. The molecule has 56 valence electrons. The van der Waals surface area contributed by atoms with Gasteiger partial charge in [0.1, 0.15) is 5.78 Å². The third-order valence-electron chi connectivity index (χ3n) is 2.70. The first-order valence-corrected chi connectivity index (χ1v) is 4.14. The van der Waals surface area contributed by atoms with Gasteiger partial charge in [-0.15, -0.1) is 0 Å². The van der Waals surface area contributed by atoms with Crippen LogP contribution in [0.4, 0.5) is 0 Å². The Hall–Kier alpha value is -0.370. The van der Waals surface area contributed by atoms with E-state index in [4.69, 9.17) is 0 Å². The minimum absolute atomic E-state index is 0.383. The molecule has 1 N–H and O–H groups in total. The topological polar surface area (TPSA) is 29.1 Å². The van der Waals surface area contributed by atoms with Crippen molar-refractivity contribution in [3.8, 4) is 0 Å². The molecule has 2 rings (SSSR count). The molecule has 1 saturated heterocycles. The largest absolute Gasteiger partial charge is 0.313 e. The number of fused-ring (bicyclic) bond motifs is 1. The normalized spacial score (nSPS) is 39.8. The maximum absolute atomic E-state index is 11.2. The third-order valence-corrected chi connectivity index (χ3v) is 2.70. The number of carbonyl (C=O) groups is 1. The van der Waals surface area contributed by atoms with Gasteiger partial charge in [-0.05, 0) is 25.8 Å². The molecule has 2 heteroatoms. The number of piperidine rings is 1. The highest BCUT2D eigenvalue weighted by atomic mass is 16.1. The Morgan fingerprint density at radius 2 is 2.30 bits per heavy atom. The van der Waals surface area contributed by atoms with E-state index in [0.29, 0.717) is 17.7 Å². The molecule has 0 unspecified atom stereocenters. The van der Waals surface area contributed by atoms with Crippen molar-refractivity contribution in [1.82, 2.24) is 5.32 Å². The Morgan fingerprint density at radius 1 is 1.40 bits per heavy atom. The fourth-order valence-electron chi connectivity index (χ4n) is 2.12. The van der Waals surface area contributed by atoms with Gasteiger partial charge in [-0.3, -0.25) is 4.79 Å². The maximum atomic E-state index is 11.2. The second-order valence-electron chi connectivity index (χ2n) is 3.31. The number of Topliss-reactive ketones (excluding diaryl/α,β-unsaturated/α-hetero) is 1. The lowest BCUT2D eigenvalue weighted by molar-refractivity contribution is -0.121. The number of hydrogen-bond donors (Lipinski definition) is 1. The first kappa shape index (κ1) is 6.35. The van der Waals surface area contributed by atoms with Crippen LogP contribution in [0.1, 0.15) is 25.7 Å². The SMILES string of the molecule is O=C1CC[C@@H]2NCCC[C@H]12. The van der Waals surface area contributed by atoms with Crippen molar-refractivity contribution in [1.29, 1.82) is 0 Å². The predicted molar refractivity (Wildman–Crippen MR) is 38.8 cm³/mol. The molecule has 2 aliphatic rings. The van der Waals surface area contributed by atoms with Gasteiger partial charge < -0.3 is 5.32 Å². The summed E-state index contributed by atoms with van der Waals surface area (Å²) in [6.07, 6.45) is 4.23. The molecule has 0 aromatic carbocycles. The Balaban J connectivity index is 2.08. The van der Waals surface area contributed by atoms with Crippen molar-refractivity contribution < 1.29 is 4.79 Å². The van der Waals surface area contributed by atoms with Crippen molar-refractivity contribution >= 4 is 5.78 Å². The lowest BCUT2D eigenvalue weighted by Gasteiger charge is -2.24. The minimum Gasteiger partial charge on any atom is -0.313 e. The lowest BCUT2D eigenvalue weighted by Crippen LogP contribution is -2.39. The number of ketones is 1. The van der Waals surface area contributed by atoms with Gasteiger partial charge in [0.2, 0.25) is 0 Å². The summed E-state index contributed by atoms with van der Waals surface area (Å²) in [6.45, 7) is 1.12. The van der Waals surface area contributed by atoms with Crippen LogP contribution in [-0.2, 0) is 4.79 Å². The molecule has 0 spiro atoms. The molecule has 1 saturated carbocycles. The molecule has 0 amide bonds. The molecule has 0 radical (unpaired) electrons. The summed E-state index contributed by atoms with van der Waals surface area (Å²) < 4.78 is 0. The fourth-order valence-corrected chi connectivity index (χ4v) is 2.12. The molecule has 1 heterocycles. The highest BCUT2D eigenvalue weighted by molar-refractivity contribution is 5.84. The maximum Gasteiger partial charge on any atom is 0.137 e. The van der Waals surface area contributed by atoms with Crippen LogP contribution in [0, 0.1) is 5.92 Å². The van der Waals surface area contributed by atoms with Crippen molar-refractivity contribution in [2.24, 2.45) is 5.92 Å². The smallest absolute Gasteiger partial charge is 0.137 e. The van der Waals surface area contributed by atoms with E-state index in [0.717, 1.165) is 25.8 Å². The van der Waals surface area contributed by atoms with Gasteiger partial charge in [-0.1, -0.05) is 0 Å². The second kappa shape index (κ2) is 2.35. The monoisotopic (exact) mass is 139 g/mol. The summed E-state index contributed by atoms with van der Waals surface area (Å²) in [7, 11) is 0. The van der Waals surface area contributed by atoms with Gasteiger partial charge in [0.15, 0.2) is 0 Å². The van der Waals surface area contributed by atoms with E-state index in [1.54, 1.807) is 0 Å². The van der Waals surface area contributed by atoms with Gasteiger partial charge in [-0.2, -0.15) is 0 Å². The molecule has 0 aromatic rings. The predicted octanol–water partition coefficient (Wildman–Crippen LogP) is 0.718. The molecule has 1 aliphatic heterocycles. The minimum atomic E-state index is 0.383. The zero-order chi connectivity index (χ0) is 6.97. The zero-order valence-corrected chi connectivity index (χ0v) is 6.10. The molecular weight excluding hydrogens is 126 g/mol. The summed E-state index contributed by atoms with van der Waals surface area (Å²) in [4.78, 5) is 11.2. The van der Waals surface area contributed by atoms with Crippen molar-refractivity contribution in [2.75, 3.05) is 6.54 Å². The summed E-state index contributed by atoms with van der Waals surface area (Å²) in [5.41, 5.74) is 0. The van der Waals surface area contributed by atoms with Crippen LogP contribution in [-0.4, -0.2) is 18.4 Å². The average Bonchev–Trinajstić information content (AvgIpc) is 2.34. The van der Waals surface area contributed by atoms with Crippen LogP contribution in [0.15, 0.2) is 0 Å². The second-order valence-corrected chi connectivity index (χ2v) is 3.31. The van der Waals surface area contributed by atoms with E-state index in [-0.39, 0.29) is 0 Å². The van der Waals surface area contributed by atoms with Crippen LogP contribution in [0.2, 0.25) is 0 Å². The lowest BCUT2D eigenvalue weighted by atomic mass is 9.93. The molecule has 2 atom stereocenters. The van der Waals surface area contributed by atoms with E-state index in [1.807, 2.05) is 0 Å². The van der Waals surface area contributed by atoms with E-state index < -0.39 is 0 Å². The first-order valence-electron chi connectivity index (χ1n) is 4.14. The Labute approximate surface area is 61.0 Å². The van der Waals surface area contributed by atoms with E-state index in [1.165, 1.54) is 6.42 Å². The van der Waals surface area contributed by atoms with Crippen molar-refractivity contribution in [3.63, 3.8) is 0 Å². The Bertz CT molecular complexity index is 155. The van der Waals surface area contributed by atoms with Gasteiger partial charge in [0, 0.05) is 18.4 Å². The summed E-state index contributed by atoms with van der Waals surface area (Å²) in [6, 6.07) is 0.543. The number of rotatable bonds is 0. The highest BCUT2D eigenvalue weighted by Crippen LogP contribution is 2.28. The van der Waals surface area contributed by atoms with Crippen LogP contribution in [0.3, 0.4) is 0 Å². The van der Waals surface area contributed by atoms with Crippen LogP contribution in [0.5, 0.6) is 0 Å². The Morgan fingerprint density at radius 3 is 3.10 bits per heavy atom. The van der Waals surface area contributed by atoms with Crippen LogP contribution >= 0.6 is 0 Å². The quantitative estimate of drug-likeness (QED) is 0.535. The molecule has 0 aromatic heterocycles. The van der Waals surface area contributed by atoms with Crippen LogP contribution in [0.25, 0.3) is 0 Å². The van der Waals surface area contributed by atoms with Crippen molar-refractivity contribution in [3.05, 3.63) is 0 Å². The number of carbonyl (C=O) groups excluding carboxylic acids is 1. The van der Waals surface area contributed by atoms with Gasteiger partial charge in [0.25, 0.3) is 0 Å². The van der Waals surface area contributed by atoms with Crippen molar-refractivity contribution in [2.45, 2.75) is 31.7 Å². The first-order chi connectivity index (χ1) is 4.88. The van der Waals surface area contributed by atoms with E-state index in [2.05, 4.69) is 5.32 Å². The Kier molecular flexibility index (Phi) is 1.49. The zero-order valence-electron chi connectivity index (χ0n) is 6.10. The molecule has 2 fully saturated rings. The third kappa shape index (κ3) is 0.870. The molecule has 2 nitrogen and oxygen atoms in total. The molecule has 10 heavy (non-hydrogen) atoms. The van der Waals surface area contributed by atoms with Gasteiger partial charge in [0.05, 0.1) is 0 Å². The number of nitrogens with one attached hydrogen (secondary N) is 1. The number of hydrogen-bond acceptors (Lipinski definition) is 2. The molecule has 0 bridgehead atoms. The van der Waals surface area contributed by atoms with Gasteiger partial charge in [-0.25, -0.2) is 0 Å². The highest BCUT2D eigenvalue weighted by Gasteiger charge is 2.35. The summed E-state index contributed by atoms with van der Waals surface area (Å²) in [5.74, 6) is 0.881. The molecular formula is C8H13NO. The van der Waals surface area contributed by atoms with Crippen LogP contribution < -0.4 is 5.32 Å². The average molecular weight is 139 g/mol. The summed E-state index contributed by atoms with van der Waals surface area (Å²) >= 11 is 0. The van der Waals surface area contributed by atoms with E-state index >= 15 is 0 Å². The standard InChI is InChI=1S/C8H13NO/c10-8-4-3-7-6(8)2-1-5-9-7/h6-7,9H,1-5H2/t6-,7-/m0/s1. The van der Waals surface area contributed by atoms with E-state index in [9.17, 15) is 4.79 Å².